The highest BCUT2D eigenvalue weighted by molar-refractivity contribution is 7.80. The summed E-state index contributed by atoms with van der Waals surface area (Å²) in [4.78, 5) is 9.48. The first-order valence-electron chi connectivity index (χ1n) is 11.6. The van der Waals surface area contributed by atoms with Crippen LogP contribution in [0.5, 0.6) is 0 Å². The van der Waals surface area contributed by atoms with Crippen molar-refractivity contribution < 1.29 is 9.15 Å². The molecule has 0 radical (unpaired) electrons. The Labute approximate surface area is 200 Å². The summed E-state index contributed by atoms with van der Waals surface area (Å²) < 4.78 is 13.5. The molecule has 0 aromatic carbocycles. The fourth-order valence-electron chi connectivity index (χ4n) is 4.99. The molecule has 2 aliphatic rings. The Balaban J connectivity index is 1.47. The molecular weight excluding hydrogens is 434 g/mol. The molecule has 7 nitrogen and oxygen atoms in total. The highest BCUT2D eigenvalue weighted by Crippen LogP contribution is 2.40. The molecule has 0 saturated carbocycles. The minimum atomic E-state index is 0.000881. The lowest BCUT2D eigenvalue weighted by Crippen LogP contribution is -2.42. The highest BCUT2D eigenvalue weighted by Gasteiger charge is 2.41. The van der Waals surface area contributed by atoms with Crippen molar-refractivity contribution in [2.45, 2.75) is 32.5 Å². The van der Waals surface area contributed by atoms with Gasteiger partial charge in [0.1, 0.15) is 5.76 Å². The summed E-state index contributed by atoms with van der Waals surface area (Å²) in [5.74, 6) is 0.953. The van der Waals surface area contributed by atoms with E-state index in [0.29, 0.717) is 0 Å². The Bertz CT molecular complexity index is 1080. The van der Waals surface area contributed by atoms with Gasteiger partial charge in [-0.3, -0.25) is 9.88 Å². The number of ether oxygens (including phenoxy) is 1. The lowest BCUT2D eigenvalue weighted by Gasteiger charge is -2.32. The maximum Gasteiger partial charge on any atom is 0.170 e. The summed E-state index contributed by atoms with van der Waals surface area (Å²) in [5.41, 5.74) is 4.74. The van der Waals surface area contributed by atoms with Crippen LogP contribution in [0.25, 0.3) is 0 Å². The van der Waals surface area contributed by atoms with Gasteiger partial charge in [0.2, 0.25) is 0 Å². The van der Waals surface area contributed by atoms with Crippen molar-refractivity contribution in [3.05, 3.63) is 77.3 Å². The summed E-state index contributed by atoms with van der Waals surface area (Å²) in [6, 6.07) is 12.4. The monoisotopic (exact) mass is 465 g/mol. The number of hydrogen-bond donors (Lipinski definition) is 1. The molecule has 0 bridgehead atoms. The highest BCUT2D eigenvalue weighted by atomic mass is 32.1. The molecule has 8 heteroatoms. The van der Waals surface area contributed by atoms with E-state index in [-0.39, 0.29) is 12.1 Å². The van der Waals surface area contributed by atoms with Gasteiger partial charge < -0.3 is 23.9 Å². The van der Waals surface area contributed by atoms with E-state index in [1.807, 2.05) is 30.5 Å². The van der Waals surface area contributed by atoms with Crippen molar-refractivity contribution in [3.8, 4) is 0 Å². The van der Waals surface area contributed by atoms with Gasteiger partial charge in [0.05, 0.1) is 43.8 Å². The predicted octanol–water partition coefficient (Wildman–Crippen LogP) is 3.45. The van der Waals surface area contributed by atoms with Gasteiger partial charge >= 0.3 is 0 Å². The lowest BCUT2D eigenvalue weighted by atomic mass is 9.97. The topological polar surface area (TPSA) is 58.7 Å². The van der Waals surface area contributed by atoms with E-state index in [1.54, 1.807) is 6.26 Å². The van der Waals surface area contributed by atoms with Gasteiger partial charge in [0.25, 0.3) is 0 Å². The van der Waals surface area contributed by atoms with Crippen LogP contribution in [0.15, 0.2) is 53.3 Å². The van der Waals surface area contributed by atoms with Gasteiger partial charge in [-0.1, -0.05) is 6.07 Å². The number of morpholine rings is 1. The van der Waals surface area contributed by atoms with Crippen molar-refractivity contribution in [3.63, 3.8) is 0 Å². The van der Waals surface area contributed by atoms with Crippen LogP contribution in [0.2, 0.25) is 0 Å². The van der Waals surface area contributed by atoms with E-state index in [4.69, 9.17) is 21.4 Å². The Hall–Kier alpha value is -2.68. The average molecular weight is 466 g/mol. The first-order chi connectivity index (χ1) is 16.1. The molecule has 0 aliphatic carbocycles. The second-order valence-electron chi connectivity index (χ2n) is 8.77. The third-order valence-corrected chi connectivity index (χ3v) is 7.14. The number of aryl methyl sites for hydroxylation is 1. The van der Waals surface area contributed by atoms with Gasteiger partial charge in [-0.15, -0.1) is 0 Å². The number of thiocarbonyl (C=S) groups is 1. The molecule has 0 unspecified atom stereocenters. The van der Waals surface area contributed by atoms with E-state index in [2.05, 4.69) is 50.6 Å². The quantitative estimate of drug-likeness (QED) is 0.537. The zero-order valence-corrected chi connectivity index (χ0v) is 20.1. The van der Waals surface area contributed by atoms with Crippen LogP contribution in [0.4, 0.5) is 0 Å². The molecule has 1 N–H and O–H groups in total. The summed E-state index contributed by atoms with van der Waals surface area (Å²) in [7, 11) is 0. The maximum absolute atomic E-state index is 5.86. The summed E-state index contributed by atoms with van der Waals surface area (Å²) >= 11 is 5.86. The van der Waals surface area contributed by atoms with Crippen LogP contribution < -0.4 is 5.32 Å². The van der Waals surface area contributed by atoms with Crippen molar-refractivity contribution in [2.24, 2.45) is 0 Å². The smallest absolute Gasteiger partial charge is 0.170 e. The minimum absolute atomic E-state index is 0.000881. The number of hydrogen-bond acceptors (Lipinski definition) is 5. The number of rotatable bonds is 7. The van der Waals surface area contributed by atoms with E-state index >= 15 is 0 Å². The third kappa shape index (κ3) is 4.55. The second-order valence-corrected chi connectivity index (χ2v) is 9.15. The van der Waals surface area contributed by atoms with Crippen LogP contribution in [0.1, 0.15) is 40.5 Å². The van der Waals surface area contributed by atoms with E-state index in [9.17, 15) is 0 Å². The molecule has 5 rings (SSSR count). The molecule has 2 aliphatic heterocycles. The number of aromatic nitrogens is 2. The van der Waals surface area contributed by atoms with Crippen LogP contribution in [-0.2, 0) is 11.3 Å². The molecule has 3 aromatic heterocycles. The number of furan rings is 1. The lowest BCUT2D eigenvalue weighted by molar-refractivity contribution is 0.0350. The Kier molecular flexibility index (Phi) is 6.48. The van der Waals surface area contributed by atoms with Crippen LogP contribution in [0.3, 0.4) is 0 Å². The number of nitrogens with one attached hydrogen (secondary N) is 1. The van der Waals surface area contributed by atoms with Crippen LogP contribution in [0, 0.1) is 13.8 Å². The molecule has 3 aromatic rings. The van der Waals surface area contributed by atoms with Gasteiger partial charge in [0.15, 0.2) is 5.11 Å². The molecule has 33 heavy (non-hydrogen) atoms. The summed E-state index contributed by atoms with van der Waals surface area (Å²) in [5, 5.41) is 4.37. The largest absolute Gasteiger partial charge is 0.467 e. The van der Waals surface area contributed by atoms with Crippen molar-refractivity contribution >= 4 is 17.3 Å². The van der Waals surface area contributed by atoms with E-state index < -0.39 is 0 Å². The zero-order chi connectivity index (χ0) is 22.8. The Morgan fingerprint density at radius 1 is 1.12 bits per heavy atom. The fraction of sp³-hybridized carbons (Fsp3) is 0.440. The molecule has 0 amide bonds. The average Bonchev–Trinajstić information content (AvgIpc) is 3.54. The third-order valence-electron chi connectivity index (χ3n) is 6.78. The first-order valence-corrected chi connectivity index (χ1v) is 12.0. The minimum Gasteiger partial charge on any atom is -0.467 e. The fourth-order valence-corrected chi connectivity index (χ4v) is 5.32. The van der Waals surface area contributed by atoms with Gasteiger partial charge in [0, 0.05) is 43.8 Å². The normalized spacial score (nSPS) is 21.5. The van der Waals surface area contributed by atoms with Gasteiger partial charge in [-0.2, -0.15) is 0 Å². The molecule has 0 spiro atoms. The SMILES string of the molecule is Cc1cc([C@@H]2[C@@H](c3ccccn3)NC(=S)N2CCN2CCOCC2)c(C)n1Cc1ccco1. The summed E-state index contributed by atoms with van der Waals surface area (Å²) in [6.07, 6.45) is 3.59. The zero-order valence-electron chi connectivity index (χ0n) is 19.2. The molecule has 2 fully saturated rings. The predicted molar refractivity (Wildman–Crippen MR) is 131 cm³/mol. The van der Waals surface area contributed by atoms with Crippen LogP contribution in [-0.4, -0.2) is 63.9 Å². The molecule has 2 saturated heterocycles. The standard InChI is InChI=1S/C25H31N5O2S/c1-18-16-21(19(2)30(18)17-20-6-5-13-32-20)24-23(22-7-3-4-8-26-22)27-25(33)29(24)10-9-28-11-14-31-15-12-28/h3-8,13,16,23-24H,9-12,14-15,17H2,1-2H3,(H,27,33)/t23-,24-/m1/s1. The molecule has 2 atom stereocenters. The van der Waals surface area contributed by atoms with Crippen molar-refractivity contribution in [1.29, 1.82) is 0 Å². The summed E-state index contributed by atoms with van der Waals surface area (Å²) in [6.45, 7) is 10.4. The molecule has 5 heterocycles. The van der Waals surface area contributed by atoms with E-state index in [1.165, 1.54) is 17.0 Å². The van der Waals surface area contributed by atoms with Crippen molar-refractivity contribution in [1.82, 2.24) is 24.7 Å². The van der Waals surface area contributed by atoms with Gasteiger partial charge in [-0.05, 0) is 62.0 Å². The van der Waals surface area contributed by atoms with E-state index in [0.717, 1.165) is 62.5 Å². The Morgan fingerprint density at radius 2 is 1.97 bits per heavy atom. The number of pyridine rings is 1. The number of nitrogens with zero attached hydrogens (tertiary/aromatic N) is 4. The molecule has 174 valence electrons. The first kappa shape index (κ1) is 22.1. The van der Waals surface area contributed by atoms with Crippen LogP contribution >= 0.6 is 12.2 Å². The second kappa shape index (κ2) is 9.67. The van der Waals surface area contributed by atoms with Gasteiger partial charge in [-0.25, -0.2) is 0 Å². The van der Waals surface area contributed by atoms with Crippen molar-refractivity contribution in [2.75, 3.05) is 39.4 Å². The molecular formula is C25H31N5O2S. The maximum atomic E-state index is 5.86. The Morgan fingerprint density at radius 3 is 2.70 bits per heavy atom.